The fraction of sp³-hybridized carbons (Fsp3) is 0.176. The number of anilines is 1. The molecule has 0 aliphatic rings. The Morgan fingerprint density at radius 3 is 2.48 bits per heavy atom. The number of sulfone groups is 1. The summed E-state index contributed by atoms with van der Waals surface area (Å²) in [6.07, 6.45) is 3.18. The molecule has 27 heavy (non-hydrogen) atoms. The zero-order chi connectivity index (χ0) is 19.3. The van der Waals surface area contributed by atoms with Crippen LogP contribution in [0.1, 0.15) is 12.8 Å². The summed E-state index contributed by atoms with van der Waals surface area (Å²) in [5, 5.41) is 9.97. The molecule has 1 N–H and O–H groups in total. The van der Waals surface area contributed by atoms with Crippen molar-refractivity contribution in [3.63, 3.8) is 0 Å². The molecular formula is C17H15FN4O4S. The Labute approximate surface area is 154 Å². The number of carbonyl (C=O) groups excluding carboxylic acids is 1. The number of nitrogens with zero attached hydrogens (tertiary/aromatic N) is 3. The Morgan fingerprint density at radius 1 is 1.07 bits per heavy atom. The molecule has 0 saturated carbocycles. The molecule has 0 aliphatic carbocycles. The summed E-state index contributed by atoms with van der Waals surface area (Å²) in [4.78, 5) is 15.8. The van der Waals surface area contributed by atoms with Crippen molar-refractivity contribution >= 4 is 21.8 Å². The van der Waals surface area contributed by atoms with Crippen LogP contribution in [0.2, 0.25) is 0 Å². The van der Waals surface area contributed by atoms with Crippen LogP contribution in [-0.2, 0) is 14.6 Å². The lowest BCUT2D eigenvalue weighted by Crippen LogP contribution is -2.14. The molecule has 0 radical (unpaired) electrons. The minimum absolute atomic E-state index is 0.0169. The van der Waals surface area contributed by atoms with Gasteiger partial charge in [0.15, 0.2) is 9.84 Å². The minimum atomic E-state index is -3.58. The van der Waals surface area contributed by atoms with Gasteiger partial charge in [0.25, 0.3) is 0 Å². The van der Waals surface area contributed by atoms with E-state index < -0.39 is 21.6 Å². The van der Waals surface area contributed by atoms with Crippen LogP contribution in [-0.4, -0.2) is 35.3 Å². The van der Waals surface area contributed by atoms with Crippen LogP contribution >= 0.6 is 0 Å². The summed E-state index contributed by atoms with van der Waals surface area (Å²) >= 11 is 0. The number of rotatable bonds is 7. The highest BCUT2D eigenvalue weighted by Gasteiger charge is 2.16. The van der Waals surface area contributed by atoms with Gasteiger partial charge in [0, 0.05) is 24.4 Å². The third kappa shape index (κ3) is 4.94. The van der Waals surface area contributed by atoms with Crippen LogP contribution in [0.15, 0.2) is 58.1 Å². The Bertz CT molecular complexity index is 1020. The summed E-state index contributed by atoms with van der Waals surface area (Å²) in [5.41, 5.74) is 0.656. The van der Waals surface area contributed by atoms with Gasteiger partial charge >= 0.3 is 6.01 Å². The molecule has 0 saturated heterocycles. The first kappa shape index (κ1) is 18.6. The highest BCUT2D eigenvalue weighted by atomic mass is 32.2. The lowest BCUT2D eigenvalue weighted by atomic mass is 10.3. The Morgan fingerprint density at radius 2 is 1.78 bits per heavy atom. The van der Waals surface area contributed by atoms with E-state index in [1.165, 1.54) is 12.1 Å². The van der Waals surface area contributed by atoms with E-state index in [0.717, 1.165) is 12.1 Å². The minimum Gasteiger partial charge on any atom is -0.403 e. The van der Waals surface area contributed by atoms with Gasteiger partial charge in [-0.15, -0.1) is 5.10 Å². The smallest absolute Gasteiger partial charge is 0.322 e. The molecule has 2 heterocycles. The summed E-state index contributed by atoms with van der Waals surface area (Å²) in [5.74, 6) is -0.974. The number of aromatic nitrogens is 3. The molecule has 8 nitrogen and oxygen atoms in total. The molecule has 140 valence electrons. The summed E-state index contributed by atoms with van der Waals surface area (Å²) in [6.45, 7) is 0. The molecule has 0 bridgehead atoms. The molecule has 0 atom stereocenters. The van der Waals surface area contributed by atoms with Gasteiger partial charge in [-0.1, -0.05) is 5.10 Å². The highest BCUT2D eigenvalue weighted by Crippen LogP contribution is 2.19. The quantitative estimate of drug-likeness (QED) is 0.616. The normalized spacial score (nSPS) is 11.3. The van der Waals surface area contributed by atoms with Crippen molar-refractivity contribution in [1.29, 1.82) is 0 Å². The maximum Gasteiger partial charge on any atom is 0.322 e. The van der Waals surface area contributed by atoms with Crippen molar-refractivity contribution in [1.82, 2.24) is 15.2 Å². The number of hydrogen-bond acceptors (Lipinski definition) is 7. The molecule has 10 heteroatoms. The van der Waals surface area contributed by atoms with E-state index in [9.17, 15) is 17.6 Å². The third-order valence-electron chi connectivity index (χ3n) is 3.59. The fourth-order valence-corrected chi connectivity index (χ4v) is 3.56. The molecule has 0 aliphatic heterocycles. The number of pyridine rings is 1. The predicted octanol–water partition coefficient (Wildman–Crippen LogP) is 2.46. The number of amides is 1. The van der Waals surface area contributed by atoms with E-state index in [2.05, 4.69) is 20.5 Å². The second-order valence-corrected chi connectivity index (χ2v) is 7.68. The average molecular weight is 390 g/mol. The van der Waals surface area contributed by atoms with Gasteiger partial charge in [-0.25, -0.2) is 12.8 Å². The predicted molar refractivity (Wildman–Crippen MR) is 93.8 cm³/mol. The number of halogens is 1. The molecule has 2 aromatic heterocycles. The number of hydrogen-bond donors (Lipinski definition) is 1. The third-order valence-corrected chi connectivity index (χ3v) is 5.40. The largest absolute Gasteiger partial charge is 0.403 e. The van der Waals surface area contributed by atoms with E-state index in [4.69, 9.17) is 4.42 Å². The first-order valence-corrected chi connectivity index (χ1v) is 9.61. The van der Waals surface area contributed by atoms with Crippen molar-refractivity contribution in [2.24, 2.45) is 0 Å². The van der Waals surface area contributed by atoms with E-state index in [1.807, 2.05) is 0 Å². The van der Waals surface area contributed by atoms with Crippen molar-refractivity contribution in [2.45, 2.75) is 17.7 Å². The fourth-order valence-electron chi connectivity index (χ4n) is 2.25. The molecule has 0 fully saturated rings. The highest BCUT2D eigenvalue weighted by molar-refractivity contribution is 7.91. The van der Waals surface area contributed by atoms with E-state index in [-0.39, 0.29) is 35.4 Å². The second kappa shape index (κ2) is 8.04. The molecule has 3 rings (SSSR count). The van der Waals surface area contributed by atoms with Gasteiger partial charge in [-0.3, -0.25) is 15.1 Å². The topological polar surface area (TPSA) is 115 Å². The summed E-state index contributed by atoms with van der Waals surface area (Å²) < 4.78 is 42.5. The Kier molecular flexibility index (Phi) is 5.55. The number of nitrogens with one attached hydrogen (secondary N) is 1. The van der Waals surface area contributed by atoms with Crippen LogP contribution in [0.25, 0.3) is 11.5 Å². The first-order chi connectivity index (χ1) is 12.9. The molecule has 1 aromatic carbocycles. The van der Waals surface area contributed by atoms with Gasteiger partial charge in [0.05, 0.1) is 10.6 Å². The zero-order valence-corrected chi connectivity index (χ0v) is 14.8. The van der Waals surface area contributed by atoms with E-state index in [0.29, 0.717) is 5.56 Å². The van der Waals surface area contributed by atoms with Crippen molar-refractivity contribution in [3.8, 4) is 11.5 Å². The maximum atomic E-state index is 12.9. The monoisotopic (exact) mass is 390 g/mol. The number of carbonyl (C=O) groups is 1. The average Bonchev–Trinajstić information content (AvgIpc) is 3.11. The first-order valence-electron chi connectivity index (χ1n) is 7.96. The van der Waals surface area contributed by atoms with Crippen LogP contribution in [0.3, 0.4) is 0 Å². The lowest BCUT2D eigenvalue weighted by molar-refractivity contribution is -0.116. The van der Waals surface area contributed by atoms with E-state index >= 15 is 0 Å². The van der Waals surface area contributed by atoms with Crippen LogP contribution < -0.4 is 5.32 Å². The van der Waals surface area contributed by atoms with Crippen LogP contribution in [0, 0.1) is 5.82 Å². The Hall–Kier alpha value is -3.14. The van der Waals surface area contributed by atoms with Gasteiger partial charge in [0.1, 0.15) is 5.82 Å². The van der Waals surface area contributed by atoms with Crippen molar-refractivity contribution in [2.75, 3.05) is 11.1 Å². The lowest BCUT2D eigenvalue weighted by Gasteiger charge is -2.04. The van der Waals surface area contributed by atoms with Gasteiger partial charge < -0.3 is 4.42 Å². The van der Waals surface area contributed by atoms with Crippen LogP contribution in [0.5, 0.6) is 0 Å². The van der Waals surface area contributed by atoms with Crippen LogP contribution in [0.4, 0.5) is 10.4 Å². The molecule has 3 aromatic rings. The van der Waals surface area contributed by atoms with Gasteiger partial charge in [0.2, 0.25) is 11.8 Å². The Balaban J connectivity index is 1.51. The van der Waals surface area contributed by atoms with Crippen molar-refractivity contribution in [3.05, 3.63) is 54.6 Å². The SMILES string of the molecule is O=C(CCCS(=O)(=O)c1ccc(F)cc1)Nc1nnc(-c2ccncc2)o1. The van der Waals surface area contributed by atoms with E-state index in [1.54, 1.807) is 24.5 Å². The molecule has 0 spiro atoms. The summed E-state index contributed by atoms with van der Waals surface area (Å²) in [6, 6.07) is 7.84. The maximum absolute atomic E-state index is 12.9. The standard InChI is InChI=1S/C17H15FN4O4S/c18-13-3-5-14(6-4-13)27(24,25)11-1-2-15(23)20-17-22-21-16(26-17)12-7-9-19-10-8-12/h3-10H,1-2,11H2,(H,20,22,23). The molecule has 1 amide bonds. The summed E-state index contributed by atoms with van der Waals surface area (Å²) in [7, 11) is -3.58. The molecular weight excluding hydrogens is 375 g/mol. The van der Waals surface area contributed by atoms with Gasteiger partial charge in [-0.05, 0) is 42.8 Å². The zero-order valence-electron chi connectivity index (χ0n) is 14.0. The number of benzene rings is 1. The van der Waals surface area contributed by atoms with Crippen molar-refractivity contribution < 1.29 is 22.0 Å². The van der Waals surface area contributed by atoms with Gasteiger partial charge in [-0.2, -0.15) is 0 Å². The second-order valence-electron chi connectivity index (χ2n) is 5.57. The molecule has 0 unspecified atom stereocenters.